The van der Waals surface area contributed by atoms with E-state index in [9.17, 15) is 0 Å². The molecule has 2 aromatic heterocycles. The van der Waals surface area contributed by atoms with Gasteiger partial charge in [0.15, 0.2) is 0 Å². The maximum absolute atomic E-state index is 4.74. The van der Waals surface area contributed by atoms with E-state index in [0.717, 1.165) is 35.3 Å². The molecule has 19 heavy (non-hydrogen) atoms. The first kappa shape index (κ1) is 12.7. The van der Waals surface area contributed by atoms with Crippen LogP contribution in [0, 0.1) is 13.8 Å². The predicted molar refractivity (Wildman–Crippen MR) is 77.5 cm³/mol. The molecule has 5 heteroatoms. The summed E-state index contributed by atoms with van der Waals surface area (Å²) in [6, 6.07) is 2.03. The number of piperidine rings is 1. The van der Waals surface area contributed by atoms with Gasteiger partial charge in [0.25, 0.3) is 0 Å². The summed E-state index contributed by atoms with van der Waals surface area (Å²) < 4.78 is 0. The molecule has 0 saturated carbocycles. The van der Waals surface area contributed by atoms with Gasteiger partial charge in [-0.2, -0.15) is 0 Å². The lowest BCUT2D eigenvalue weighted by Gasteiger charge is -2.21. The zero-order chi connectivity index (χ0) is 13.2. The van der Waals surface area contributed by atoms with Gasteiger partial charge < -0.3 is 5.32 Å². The Kier molecular flexibility index (Phi) is 3.57. The van der Waals surface area contributed by atoms with E-state index < -0.39 is 0 Å². The highest BCUT2D eigenvalue weighted by Crippen LogP contribution is 2.26. The molecule has 0 spiro atoms. The molecule has 1 fully saturated rings. The molecule has 1 N–H and O–H groups in total. The van der Waals surface area contributed by atoms with Crippen molar-refractivity contribution >= 4 is 11.3 Å². The van der Waals surface area contributed by atoms with Crippen molar-refractivity contribution in [2.45, 2.75) is 32.6 Å². The average molecular weight is 274 g/mol. The highest BCUT2D eigenvalue weighted by molar-refractivity contribution is 7.14. The maximum Gasteiger partial charge on any atom is 0.142 e. The van der Waals surface area contributed by atoms with E-state index in [1.165, 1.54) is 17.7 Å². The SMILES string of the molecule is Cc1cc(-c2ncc(C)s2)nc(C2CCCNC2)n1. The Morgan fingerprint density at radius 3 is 2.89 bits per heavy atom. The third-order valence-electron chi connectivity index (χ3n) is 3.37. The maximum atomic E-state index is 4.74. The molecule has 1 saturated heterocycles. The van der Waals surface area contributed by atoms with Crippen LogP contribution in [0.25, 0.3) is 10.7 Å². The number of aromatic nitrogens is 3. The molecule has 3 heterocycles. The van der Waals surface area contributed by atoms with Crippen molar-refractivity contribution in [3.63, 3.8) is 0 Å². The van der Waals surface area contributed by atoms with E-state index >= 15 is 0 Å². The van der Waals surface area contributed by atoms with Gasteiger partial charge >= 0.3 is 0 Å². The molecule has 1 aliphatic heterocycles. The Labute approximate surface area is 117 Å². The highest BCUT2D eigenvalue weighted by atomic mass is 32.1. The lowest BCUT2D eigenvalue weighted by atomic mass is 9.98. The van der Waals surface area contributed by atoms with Crippen LogP contribution >= 0.6 is 11.3 Å². The van der Waals surface area contributed by atoms with Crippen LogP contribution in [-0.2, 0) is 0 Å². The lowest BCUT2D eigenvalue weighted by Crippen LogP contribution is -2.29. The van der Waals surface area contributed by atoms with Gasteiger partial charge in [-0.15, -0.1) is 11.3 Å². The van der Waals surface area contributed by atoms with Crippen molar-refractivity contribution in [2.24, 2.45) is 0 Å². The number of rotatable bonds is 2. The van der Waals surface area contributed by atoms with E-state index in [2.05, 4.69) is 22.2 Å². The largest absolute Gasteiger partial charge is 0.316 e. The Balaban J connectivity index is 1.95. The molecule has 0 radical (unpaired) electrons. The minimum atomic E-state index is 0.438. The van der Waals surface area contributed by atoms with Gasteiger partial charge in [0.2, 0.25) is 0 Å². The van der Waals surface area contributed by atoms with Crippen LogP contribution in [0.3, 0.4) is 0 Å². The third-order valence-corrected chi connectivity index (χ3v) is 4.31. The first-order valence-corrected chi connectivity index (χ1v) is 7.53. The second kappa shape index (κ2) is 5.35. The smallest absolute Gasteiger partial charge is 0.142 e. The lowest BCUT2D eigenvalue weighted by molar-refractivity contribution is 0.446. The zero-order valence-electron chi connectivity index (χ0n) is 11.3. The van der Waals surface area contributed by atoms with Crippen LogP contribution in [0.4, 0.5) is 0 Å². The molecule has 0 amide bonds. The summed E-state index contributed by atoms with van der Waals surface area (Å²) in [4.78, 5) is 15.0. The molecular weight excluding hydrogens is 256 g/mol. The predicted octanol–water partition coefficient (Wildman–Crippen LogP) is 2.68. The molecule has 1 aliphatic rings. The van der Waals surface area contributed by atoms with Crippen LogP contribution in [0.5, 0.6) is 0 Å². The van der Waals surface area contributed by atoms with Crippen molar-refractivity contribution in [2.75, 3.05) is 13.1 Å². The van der Waals surface area contributed by atoms with E-state index in [0.29, 0.717) is 5.92 Å². The Bertz CT molecular complexity index is 573. The van der Waals surface area contributed by atoms with Gasteiger partial charge in [-0.1, -0.05) is 0 Å². The van der Waals surface area contributed by atoms with E-state index in [-0.39, 0.29) is 0 Å². The second-order valence-electron chi connectivity index (χ2n) is 5.07. The Morgan fingerprint density at radius 1 is 1.32 bits per heavy atom. The van der Waals surface area contributed by atoms with Gasteiger partial charge in [-0.05, 0) is 39.3 Å². The van der Waals surface area contributed by atoms with Gasteiger partial charge in [0.05, 0.1) is 0 Å². The number of aryl methyl sites for hydroxylation is 2. The minimum Gasteiger partial charge on any atom is -0.316 e. The minimum absolute atomic E-state index is 0.438. The zero-order valence-corrected chi connectivity index (χ0v) is 12.1. The molecule has 1 atom stereocenters. The summed E-state index contributed by atoms with van der Waals surface area (Å²) in [7, 11) is 0. The topological polar surface area (TPSA) is 50.7 Å². The van der Waals surface area contributed by atoms with Crippen molar-refractivity contribution < 1.29 is 0 Å². The van der Waals surface area contributed by atoms with Crippen molar-refractivity contribution in [3.8, 4) is 10.7 Å². The molecule has 0 bridgehead atoms. The number of hydrogen-bond donors (Lipinski definition) is 1. The number of nitrogens with one attached hydrogen (secondary N) is 1. The summed E-state index contributed by atoms with van der Waals surface area (Å²) in [6.45, 7) is 6.20. The number of hydrogen-bond acceptors (Lipinski definition) is 5. The fourth-order valence-electron chi connectivity index (χ4n) is 2.43. The van der Waals surface area contributed by atoms with E-state index in [4.69, 9.17) is 4.98 Å². The number of thiazole rings is 1. The van der Waals surface area contributed by atoms with E-state index in [1.54, 1.807) is 11.3 Å². The fourth-order valence-corrected chi connectivity index (χ4v) is 3.15. The Morgan fingerprint density at radius 2 is 2.21 bits per heavy atom. The summed E-state index contributed by atoms with van der Waals surface area (Å²) in [5.74, 6) is 1.41. The molecule has 100 valence electrons. The van der Waals surface area contributed by atoms with E-state index in [1.807, 2.05) is 19.2 Å². The summed E-state index contributed by atoms with van der Waals surface area (Å²) in [5, 5.41) is 4.42. The molecule has 4 nitrogen and oxygen atoms in total. The van der Waals surface area contributed by atoms with Crippen LogP contribution < -0.4 is 5.32 Å². The van der Waals surface area contributed by atoms with Crippen LogP contribution in [0.2, 0.25) is 0 Å². The van der Waals surface area contributed by atoms with Crippen molar-refractivity contribution in [1.29, 1.82) is 0 Å². The molecule has 0 aliphatic carbocycles. The Hall–Kier alpha value is -1.33. The summed E-state index contributed by atoms with van der Waals surface area (Å²) in [6.07, 6.45) is 4.28. The second-order valence-corrected chi connectivity index (χ2v) is 6.31. The quantitative estimate of drug-likeness (QED) is 0.914. The monoisotopic (exact) mass is 274 g/mol. The van der Waals surface area contributed by atoms with Crippen LogP contribution in [0.15, 0.2) is 12.3 Å². The highest BCUT2D eigenvalue weighted by Gasteiger charge is 2.19. The molecular formula is C14H18N4S. The summed E-state index contributed by atoms with van der Waals surface area (Å²) in [5.41, 5.74) is 1.99. The molecule has 3 rings (SSSR count). The third kappa shape index (κ3) is 2.82. The molecule has 2 aromatic rings. The van der Waals surface area contributed by atoms with Gasteiger partial charge in [-0.25, -0.2) is 15.0 Å². The number of nitrogens with zero attached hydrogens (tertiary/aromatic N) is 3. The van der Waals surface area contributed by atoms with Crippen LogP contribution in [0.1, 0.15) is 35.2 Å². The van der Waals surface area contributed by atoms with Gasteiger partial charge in [0, 0.05) is 29.2 Å². The average Bonchev–Trinajstić information content (AvgIpc) is 2.86. The normalized spacial score (nSPS) is 19.6. The van der Waals surface area contributed by atoms with Gasteiger partial charge in [-0.3, -0.25) is 0 Å². The van der Waals surface area contributed by atoms with Gasteiger partial charge in [0.1, 0.15) is 16.5 Å². The summed E-state index contributed by atoms with van der Waals surface area (Å²) >= 11 is 1.69. The van der Waals surface area contributed by atoms with Crippen molar-refractivity contribution in [1.82, 2.24) is 20.3 Å². The van der Waals surface area contributed by atoms with Crippen molar-refractivity contribution in [3.05, 3.63) is 28.7 Å². The molecule has 1 unspecified atom stereocenters. The standard InChI is InChI=1S/C14H18N4S/c1-9-6-12(14-16-7-10(2)19-14)18-13(17-9)11-4-3-5-15-8-11/h6-7,11,15H,3-5,8H2,1-2H3. The first-order chi connectivity index (χ1) is 9.22. The van der Waals surface area contributed by atoms with Crippen LogP contribution in [-0.4, -0.2) is 28.0 Å². The first-order valence-electron chi connectivity index (χ1n) is 6.71. The molecule has 0 aromatic carbocycles. The fraction of sp³-hybridized carbons (Fsp3) is 0.500.